The first-order valence-corrected chi connectivity index (χ1v) is 13.6. The third kappa shape index (κ3) is 2.95. The van der Waals surface area contributed by atoms with Gasteiger partial charge in [0.1, 0.15) is 0 Å². The summed E-state index contributed by atoms with van der Waals surface area (Å²) < 4.78 is 7.38. The van der Waals surface area contributed by atoms with Crippen molar-refractivity contribution in [2.24, 2.45) is 0 Å². The lowest BCUT2D eigenvalue weighted by Gasteiger charge is -2.10. The van der Waals surface area contributed by atoms with Gasteiger partial charge in [-0.2, -0.15) is 0 Å². The molecule has 0 N–H and O–H groups in total. The van der Waals surface area contributed by atoms with Gasteiger partial charge in [-0.15, -0.1) is 0 Å². The van der Waals surface area contributed by atoms with Gasteiger partial charge in [-0.05, 0) is 72.8 Å². The zero-order valence-corrected chi connectivity index (χ0v) is 22.0. The van der Waals surface area contributed by atoms with E-state index >= 15 is 0 Å². The van der Waals surface area contributed by atoms with E-state index in [1.165, 1.54) is 0 Å². The van der Waals surface area contributed by atoms with Crippen LogP contribution in [0.5, 0.6) is 0 Å². The van der Waals surface area contributed by atoms with Crippen molar-refractivity contribution in [3.8, 4) is 11.4 Å². The molecule has 0 fully saturated rings. The quantitative estimate of drug-likeness (QED) is 0.272. The number of nitrogens with zero attached hydrogens (tertiary/aromatic N) is 6. The molecule has 4 heterocycles. The zero-order valence-electron chi connectivity index (χ0n) is 22.0. The summed E-state index contributed by atoms with van der Waals surface area (Å²) in [6.45, 7) is 0. The van der Waals surface area contributed by atoms with Gasteiger partial charge >= 0.3 is 0 Å². The molecule has 0 bridgehead atoms. The molecule has 8 nitrogen and oxygen atoms in total. The first-order valence-electron chi connectivity index (χ1n) is 13.6. The maximum absolute atomic E-state index is 13.6. The summed E-state index contributed by atoms with van der Waals surface area (Å²) >= 11 is 0. The molecule has 5 aromatic carbocycles. The van der Waals surface area contributed by atoms with Gasteiger partial charge in [0.25, 0.3) is 11.1 Å². The molecule has 0 spiro atoms. The number of hydrogen-bond acceptors (Lipinski definition) is 4. The van der Waals surface area contributed by atoms with Gasteiger partial charge in [-0.1, -0.05) is 48.5 Å². The van der Waals surface area contributed by atoms with Gasteiger partial charge in [-0.3, -0.25) is 18.7 Å². The highest BCUT2D eigenvalue weighted by atomic mass is 16.1. The minimum Gasteiger partial charge on any atom is -0.278 e. The maximum Gasteiger partial charge on any atom is 0.267 e. The van der Waals surface area contributed by atoms with E-state index in [4.69, 9.17) is 9.97 Å². The van der Waals surface area contributed by atoms with Crippen LogP contribution in [0.4, 0.5) is 0 Å². The van der Waals surface area contributed by atoms with Crippen molar-refractivity contribution >= 4 is 55.4 Å². The Bertz CT molecular complexity index is 2490. The highest BCUT2D eigenvalue weighted by Gasteiger charge is 2.19. The molecule has 42 heavy (non-hydrogen) atoms. The molecule has 9 aromatic rings. The highest BCUT2D eigenvalue weighted by Crippen LogP contribution is 2.28. The van der Waals surface area contributed by atoms with E-state index in [2.05, 4.69) is 0 Å². The van der Waals surface area contributed by atoms with Crippen LogP contribution in [-0.2, 0) is 0 Å². The van der Waals surface area contributed by atoms with Crippen LogP contribution in [0.15, 0.2) is 131 Å². The summed E-state index contributed by atoms with van der Waals surface area (Å²) in [5.74, 6) is 1.09. The lowest BCUT2D eigenvalue weighted by molar-refractivity contribution is 1.03. The van der Waals surface area contributed by atoms with Gasteiger partial charge in [0.05, 0.1) is 43.9 Å². The largest absolute Gasteiger partial charge is 0.278 e. The molecule has 0 saturated carbocycles. The van der Waals surface area contributed by atoms with Gasteiger partial charge in [0, 0.05) is 11.4 Å². The molecule has 198 valence electrons. The molecule has 4 aromatic heterocycles. The smallest absolute Gasteiger partial charge is 0.267 e. The number of imidazole rings is 2. The molecule has 0 aliphatic carbocycles. The van der Waals surface area contributed by atoms with Crippen molar-refractivity contribution in [1.29, 1.82) is 0 Å². The Morgan fingerprint density at radius 1 is 0.405 bits per heavy atom. The molecule has 0 radical (unpaired) electrons. The van der Waals surface area contributed by atoms with Gasteiger partial charge < -0.3 is 0 Å². The number of rotatable bonds is 2. The third-order valence-corrected chi connectivity index (χ3v) is 8.01. The van der Waals surface area contributed by atoms with Crippen LogP contribution >= 0.6 is 0 Å². The summed E-state index contributed by atoms with van der Waals surface area (Å²) in [5.41, 5.74) is 6.15. The fourth-order valence-electron chi connectivity index (χ4n) is 6.14. The van der Waals surface area contributed by atoms with Crippen LogP contribution in [0, 0.1) is 0 Å². The SMILES string of the molecule is O=c1c2ccccc2nc2n(-c3ccc(-n4c5ccccc5n5c(=O)c6ccccc6nc45)cc3)c3ccccc3n12. The highest BCUT2D eigenvalue weighted by molar-refractivity contribution is 5.89. The lowest BCUT2D eigenvalue weighted by Crippen LogP contribution is -2.15. The van der Waals surface area contributed by atoms with Gasteiger partial charge in [-0.25, -0.2) is 18.8 Å². The number of benzene rings is 5. The fourth-order valence-corrected chi connectivity index (χ4v) is 6.14. The predicted octanol–water partition coefficient (Wildman–Crippen LogP) is 5.90. The molecular formula is C34H20N6O2. The molecule has 0 aliphatic rings. The van der Waals surface area contributed by atoms with Crippen molar-refractivity contribution in [2.75, 3.05) is 0 Å². The number of hydrogen-bond donors (Lipinski definition) is 0. The minimum absolute atomic E-state index is 0.101. The normalized spacial score (nSPS) is 12.0. The second kappa shape index (κ2) is 8.25. The van der Waals surface area contributed by atoms with E-state index in [1.807, 2.05) is 130 Å². The van der Waals surface area contributed by atoms with Crippen molar-refractivity contribution in [2.45, 2.75) is 0 Å². The monoisotopic (exact) mass is 544 g/mol. The molecule has 0 aliphatic heterocycles. The van der Waals surface area contributed by atoms with Crippen LogP contribution < -0.4 is 11.1 Å². The van der Waals surface area contributed by atoms with Crippen LogP contribution in [0.2, 0.25) is 0 Å². The van der Waals surface area contributed by atoms with Crippen molar-refractivity contribution in [3.05, 3.63) is 142 Å². The Morgan fingerprint density at radius 3 is 1.19 bits per heavy atom. The Hall–Kier alpha value is -6.02. The van der Waals surface area contributed by atoms with Crippen LogP contribution in [0.3, 0.4) is 0 Å². The molecular weight excluding hydrogens is 524 g/mol. The number of aromatic nitrogens is 6. The molecule has 0 unspecified atom stereocenters. The fraction of sp³-hybridized carbons (Fsp3) is 0. The van der Waals surface area contributed by atoms with Gasteiger partial charge in [0.2, 0.25) is 11.6 Å². The second-order valence-corrected chi connectivity index (χ2v) is 10.3. The summed E-state index contributed by atoms with van der Waals surface area (Å²) in [7, 11) is 0. The van der Waals surface area contributed by atoms with E-state index in [0.29, 0.717) is 33.4 Å². The summed E-state index contributed by atoms with van der Waals surface area (Å²) in [4.78, 5) is 37.0. The zero-order chi connectivity index (χ0) is 27.9. The molecule has 0 atom stereocenters. The second-order valence-electron chi connectivity index (χ2n) is 10.3. The third-order valence-electron chi connectivity index (χ3n) is 8.01. The first-order chi connectivity index (χ1) is 20.7. The molecule has 9 rings (SSSR count). The molecule has 0 saturated heterocycles. The van der Waals surface area contributed by atoms with E-state index in [0.717, 1.165) is 33.4 Å². The average molecular weight is 545 g/mol. The summed E-state index contributed by atoms with van der Waals surface area (Å²) in [5, 5.41) is 1.16. The number of para-hydroxylation sites is 6. The molecule has 0 amide bonds. The van der Waals surface area contributed by atoms with Crippen LogP contribution in [0.1, 0.15) is 0 Å². The Labute approximate surface area is 236 Å². The maximum atomic E-state index is 13.6. The topological polar surface area (TPSA) is 78.6 Å². The lowest BCUT2D eigenvalue weighted by atomic mass is 10.2. The van der Waals surface area contributed by atoms with E-state index in [9.17, 15) is 9.59 Å². The van der Waals surface area contributed by atoms with E-state index < -0.39 is 0 Å². The van der Waals surface area contributed by atoms with Crippen LogP contribution in [-0.4, -0.2) is 27.9 Å². The van der Waals surface area contributed by atoms with Crippen molar-refractivity contribution in [1.82, 2.24) is 27.9 Å². The standard InChI is InChI=1S/C34H20N6O2/c41-31-23-9-1-3-11-25(23)35-33-37(27-13-5-7-15-29(27)39(31)33)21-17-19-22(20-18-21)38-28-14-6-8-16-30(28)40-32(42)24-10-2-4-12-26(24)36-34(38)40/h1-20H. The van der Waals surface area contributed by atoms with Gasteiger partial charge in [0.15, 0.2) is 0 Å². The van der Waals surface area contributed by atoms with Crippen LogP contribution in [0.25, 0.3) is 66.8 Å². The summed E-state index contributed by atoms with van der Waals surface area (Å²) in [6, 6.07) is 38.5. The van der Waals surface area contributed by atoms with Crippen molar-refractivity contribution in [3.63, 3.8) is 0 Å². The Kier molecular flexibility index (Phi) is 4.47. The minimum atomic E-state index is -0.101. The summed E-state index contributed by atoms with van der Waals surface area (Å²) in [6.07, 6.45) is 0. The predicted molar refractivity (Wildman–Crippen MR) is 165 cm³/mol. The van der Waals surface area contributed by atoms with E-state index in [-0.39, 0.29) is 11.1 Å². The van der Waals surface area contributed by atoms with E-state index in [1.54, 1.807) is 8.80 Å². The first kappa shape index (κ1) is 22.8. The average Bonchev–Trinajstić information content (AvgIpc) is 3.54. The molecule has 8 heteroatoms. The van der Waals surface area contributed by atoms with Crippen molar-refractivity contribution < 1.29 is 0 Å². The number of fused-ring (bicyclic) bond motifs is 8. The Morgan fingerprint density at radius 2 is 0.762 bits per heavy atom. The Balaban J connectivity index is 1.32.